The molecule has 0 bridgehead atoms. The number of carbonyl (C=O) groups excluding carboxylic acids is 1. The lowest BCUT2D eigenvalue weighted by Crippen LogP contribution is -2.45. The predicted octanol–water partition coefficient (Wildman–Crippen LogP) is 5.35. The first-order chi connectivity index (χ1) is 12.5. The lowest BCUT2D eigenvalue weighted by Gasteiger charge is -2.33. The van der Waals surface area contributed by atoms with Gasteiger partial charge in [0, 0.05) is 18.1 Å². The summed E-state index contributed by atoms with van der Waals surface area (Å²) >= 11 is 0. The van der Waals surface area contributed by atoms with Crippen molar-refractivity contribution in [1.82, 2.24) is 4.90 Å². The maximum atomic E-state index is 12.6. The van der Waals surface area contributed by atoms with Gasteiger partial charge in [0.2, 0.25) is 0 Å². The van der Waals surface area contributed by atoms with E-state index in [0.29, 0.717) is 12.0 Å². The number of hydrogen-bond acceptors (Lipinski definition) is 3. The molecule has 3 rings (SSSR count). The normalized spacial score (nSPS) is 26.5. The molecule has 2 N–H and O–H groups in total. The minimum Gasteiger partial charge on any atom is -0.444 e. The number of amides is 1. The van der Waals surface area contributed by atoms with Gasteiger partial charge in [-0.3, -0.25) is 0 Å². The molecule has 0 aromatic heterocycles. The molecule has 2 aliphatic carbocycles. The van der Waals surface area contributed by atoms with Crippen LogP contribution in [0.4, 0.5) is 4.79 Å². The summed E-state index contributed by atoms with van der Waals surface area (Å²) in [4.78, 5) is 14.5. The van der Waals surface area contributed by atoms with Crippen molar-refractivity contribution in [3.8, 4) is 0 Å². The SMILES string of the molecule is CC(C)(C)OC(=O)N1CC(CCC(N)CCC(C2CC2)C2CC2)CC1(C)C. The molecule has 4 heteroatoms. The van der Waals surface area contributed by atoms with E-state index in [1.54, 1.807) is 0 Å². The molecule has 2 saturated carbocycles. The van der Waals surface area contributed by atoms with Gasteiger partial charge < -0.3 is 15.4 Å². The molecule has 2 unspecified atom stereocenters. The Hall–Kier alpha value is -0.770. The van der Waals surface area contributed by atoms with Crippen molar-refractivity contribution in [2.45, 2.75) is 110 Å². The Morgan fingerprint density at radius 3 is 2.22 bits per heavy atom. The molecular weight excluding hydrogens is 336 g/mol. The van der Waals surface area contributed by atoms with E-state index >= 15 is 0 Å². The molecule has 0 radical (unpaired) electrons. The van der Waals surface area contributed by atoms with Gasteiger partial charge in [-0.2, -0.15) is 0 Å². The van der Waals surface area contributed by atoms with Crippen molar-refractivity contribution in [2.24, 2.45) is 29.4 Å². The first-order valence-corrected chi connectivity index (χ1v) is 11.3. The summed E-state index contributed by atoms with van der Waals surface area (Å²) < 4.78 is 5.61. The third-order valence-electron chi connectivity index (χ3n) is 6.85. The number of nitrogens with zero attached hydrogens (tertiary/aromatic N) is 1. The third-order valence-corrected chi connectivity index (χ3v) is 6.85. The maximum Gasteiger partial charge on any atom is 0.410 e. The van der Waals surface area contributed by atoms with Crippen LogP contribution in [0.5, 0.6) is 0 Å². The van der Waals surface area contributed by atoms with Crippen LogP contribution >= 0.6 is 0 Å². The van der Waals surface area contributed by atoms with Gasteiger partial charge in [-0.15, -0.1) is 0 Å². The Morgan fingerprint density at radius 2 is 1.70 bits per heavy atom. The molecule has 3 fully saturated rings. The first kappa shape index (κ1) is 21.0. The van der Waals surface area contributed by atoms with E-state index in [9.17, 15) is 4.79 Å². The molecule has 156 valence electrons. The van der Waals surface area contributed by atoms with E-state index in [1.165, 1.54) is 38.5 Å². The summed E-state index contributed by atoms with van der Waals surface area (Å²) in [6.07, 6.45) is 11.5. The van der Waals surface area contributed by atoms with Crippen LogP contribution < -0.4 is 5.73 Å². The van der Waals surface area contributed by atoms with Crippen LogP contribution in [0, 0.1) is 23.7 Å². The third kappa shape index (κ3) is 6.10. The Morgan fingerprint density at radius 1 is 1.11 bits per heavy atom. The highest BCUT2D eigenvalue weighted by Gasteiger charge is 2.43. The van der Waals surface area contributed by atoms with E-state index in [1.807, 2.05) is 25.7 Å². The van der Waals surface area contributed by atoms with Gasteiger partial charge in [0.25, 0.3) is 0 Å². The highest BCUT2D eigenvalue weighted by atomic mass is 16.6. The average molecular weight is 379 g/mol. The van der Waals surface area contributed by atoms with Gasteiger partial charge in [-0.25, -0.2) is 4.79 Å². The van der Waals surface area contributed by atoms with Gasteiger partial charge in [0.1, 0.15) is 5.60 Å². The number of nitrogens with two attached hydrogens (primary N) is 1. The monoisotopic (exact) mass is 378 g/mol. The minimum absolute atomic E-state index is 0.125. The van der Waals surface area contributed by atoms with Crippen LogP contribution in [0.3, 0.4) is 0 Å². The van der Waals surface area contributed by atoms with Crippen LogP contribution in [0.15, 0.2) is 0 Å². The van der Waals surface area contributed by atoms with E-state index in [4.69, 9.17) is 10.5 Å². The second-order valence-electron chi connectivity index (χ2n) is 11.2. The van der Waals surface area contributed by atoms with E-state index in [0.717, 1.165) is 43.6 Å². The highest BCUT2D eigenvalue weighted by Crippen LogP contribution is 2.51. The van der Waals surface area contributed by atoms with Gasteiger partial charge in [-0.05, 0) is 116 Å². The summed E-state index contributed by atoms with van der Waals surface area (Å²) in [7, 11) is 0. The van der Waals surface area contributed by atoms with Crippen molar-refractivity contribution in [3.05, 3.63) is 0 Å². The molecule has 2 atom stereocenters. The van der Waals surface area contributed by atoms with Crippen LogP contribution in [-0.2, 0) is 4.74 Å². The average Bonchev–Trinajstić information content (AvgIpc) is 3.42. The number of hydrogen-bond donors (Lipinski definition) is 1. The van der Waals surface area contributed by atoms with Crippen LogP contribution in [0.2, 0.25) is 0 Å². The van der Waals surface area contributed by atoms with E-state index in [2.05, 4.69) is 13.8 Å². The van der Waals surface area contributed by atoms with E-state index in [-0.39, 0.29) is 11.6 Å². The molecule has 0 aromatic rings. The summed E-state index contributed by atoms with van der Waals surface area (Å²) in [5, 5.41) is 0. The molecular formula is C23H42N2O2. The minimum atomic E-state index is -0.437. The van der Waals surface area contributed by atoms with Crippen LogP contribution in [0.1, 0.15) is 92.4 Å². The standard InChI is InChI=1S/C23H42N2O2/c1-22(2,3)27-21(26)25-15-16(14-23(25,4)5)6-11-19(24)12-13-20(17-7-8-17)18-9-10-18/h16-20H,6-15,24H2,1-5H3. The Kier molecular flexibility index (Phi) is 6.15. The largest absolute Gasteiger partial charge is 0.444 e. The van der Waals surface area contributed by atoms with Crippen molar-refractivity contribution >= 4 is 6.09 Å². The second kappa shape index (κ2) is 7.93. The maximum absolute atomic E-state index is 12.6. The molecule has 27 heavy (non-hydrogen) atoms. The zero-order chi connectivity index (χ0) is 19.8. The van der Waals surface area contributed by atoms with Gasteiger partial charge >= 0.3 is 6.09 Å². The second-order valence-corrected chi connectivity index (χ2v) is 11.2. The Bertz CT molecular complexity index is 505. The number of rotatable bonds is 8. The van der Waals surface area contributed by atoms with E-state index < -0.39 is 5.60 Å². The highest BCUT2D eigenvalue weighted by molar-refractivity contribution is 5.69. The van der Waals surface area contributed by atoms with Crippen molar-refractivity contribution in [1.29, 1.82) is 0 Å². The molecule has 1 saturated heterocycles. The number of ether oxygens (including phenoxy) is 1. The smallest absolute Gasteiger partial charge is 0.410 e. The summed E-state index contributed by atoms with van der Waals surface area (Å²) in [6, 6.07) is 0.323. The van der Waals surface area contributed by atoms with Crippen molar-refractivity contribution in [3.63, 3.8) is 0 Å². The number of likely N-dealkylation sites (tertiary alicyclic amines) is 1. The lowest BCUT2D eigenvalue weighted by molar-refractivity contribution is 0.0131. The fraction of sp³-hybridized carbons (Fsp3) is 0.957. The summed E-state index contributed by atoms with van der Waals surface area (Å²) in [6.45, 7) is 10.9. The fourth-order valence-corrected chi connectivity index (χ4v) is 5.12. The molecule has 3 aliphatic rings. The van der Waals surface area contributed by atoms with Crippen LogP contribution in [-0.4, -0.2) is 34.7 Å². The first-order valence-electron chi connectivity index (χ1n) is 11.3. The van der Waals surface area contributed by atoms with Crippen LogP contribution in [0.25, 0.3) is 0 Å². The molecule has 0 aromatic carbocycles. The zero-order valence-electron chi connectivity index (χ0n) is 18.3. The quantitative estimate of drug-likeness (QED) is 0.620. The van der Waals surface area contributed by atoms with Gasteiger partial charge in [0.05, 0.1) is 0 Å². The molecule has 1 heterocycles. The van der Waals surface area contributed by atoms with Gasteiger partial charge in [-0.1, -0.05) is 0 Å². The fourth-order valence-electron chi connectivity index (χ4n) is 5.12. The molecule has 0 spiro atoms. The molecule has 1 amide bonds. The Balaban J connectivity index is 1.40. The molecule has 1 aliphatic heterocycles. The Labute approximate surface area is 166 Å². The summed E-state index contributed by atoms with van der Waals surface area (Å²) in [5.41, 5.74) is 5.92. The topological polar surface area (TPSA) is 55.6 Å². The predicted molar refractivity (Wildman–Crippen MR) is 111 cm³/mol. The zero-order valence-corrected chi connectivity index (χ0v) is 18.3. The van der Waals surface area contributed by atoms with Gasteiger partial charge in [0.15, 0.2) is 0 Å². The summed E-state index contributed by atoms with van der Waals surface area (Å²) in [5.74, 6) is 3.58. The van der Waals surface area contributed by atoms with Crippen molar-refractivity contribution in [2.75, 3.05) is 6.54 Å². The van der Waals surface area contributed by atoms with Crippen molar-refractivity contribution < 1.29 is 9.53 Å². The lowest BCUT2D eigenvalue weighted by atomic mass is 9.88. The number of carbonyl (C=O) groups is 1. The molecule has 4 nitrogen and oxygen atoms in total.